The van der Waals surface area contributed by atoms with Gasteiger partial charge in [-0.2, -0.15) is 0 Å². The Morgan fingerprint density at radius 1 is 1.08 bits per heavy atom. The Morgan fingerprint density at radius 2 is 1.62 bits per heavy atom. The standard InChI is InChI=1S/C12H16O.C10H20O/c1-4-12(13)11-7-5-10(6-8-11)9(2)3;1-6-10(11-5)9(4)7-8(2)3/h5-9H,4H2,1-3H3;6,8-9H,7H2,1-5H3/b;10-6+. The fourth-order valence-corrected chi connectivity index (χ4v) is 2.68. The van der Waals surface area contributed by atoms with Crippen molar-refractivity contribution in [1.29, 1.82) is 0 Å². The molecule has 1 rings (SSSR count). The number of carbonyl (C=O) groups is 1. The third-order valence-electron chi connectivity index (χ3n) is 4.05. The number of ketones is 1. The molecular weight excluding hydrogens is 296 g/mol. The van der Waals surface area contributed by atoms with Gasteiger partial charge in [0.1, 0.15) is 0 Å². The largest absolute Gasteiger partial charge is 0.501 e. The SMILES string of the molecule is C/C=C(/OC)C(C)CC(C)C.CCC(=O)c1ccc(C(C)C)cc1. The molecule has 0 bridgehead atoms. The van der Waals surface area contributed by atoms with Crippen molar-refractivity contribution in [2.45, 2.75) is 67.2 Å². The summed E-state index contributed by atoms with van der Waals surface area (Å²) in [6, 6.07) is 7.91. The van der Waals surface area contributed by atoms with Crippen LogP contribution in [-0.2, 0) is 4.74 Å². The Hall–Kier alpha value is -1.57. The van der Waals surface area contributed by atoms with E-state index in [9.17, 15) is 4.79 Å². The van der Waals surface area contributed by atoms with Gasteiger partial charge in [0.25, 0.3) is 0 Å². The van der Waals surface area contributed by atoms with E-state index in [4.69, 9.17) is 4.74 Å². The molecule has 0 radical (unpaired) electrons. The van der Waals surface area contributed by atoms with Gasteiger partial charge in [-0.3, -0.25) is 4.79 Å². The van der Waals surface area contributed by atoms with Crippen LogP contribution in [0, 0.1) is 11.8 Å². The van der Waals surface area contributed by atoms with Gasteiger partial charge < -0.3 is 4.74 Å². The van der Waals surface area contributed by atoms with Gasteiger partial charge in [0, 0.05) is 17.9 Å². The number of hydrogen-bond acceptors (Lipinski definition) is 2. The Labute approximate surface area is 149 Å². The minimum Gasteiger partial charge on any atom is -0.501 e. The van der Waals surface area contributed by atoms with E-state index >= 15 is 0 Å². The van der Waals surface area contributed by atoms with Gasteiger partial charge in [0.2, 0.25) is 0 Å². The number of methoxy groups -OCH3 is 1. The summed E-state index contributed by atoms with van der Waals surface area (Å²) in [5, 5.41) is 0. The van der Waals surface area contributed by atoms with Crippen LogP contribution in [-0.4, -0.2) is 12.9 Å². The summed E-state index contributed by atoms with van der Waals surface area (Å²) >= 11 is 0. The zero-order valence-electron chi connectivity index (χ0n) is 16.8. The first-order valence-corrected chi connectivity index (χ1v) is 9.10. The number of Topliss-reactive ketones (excluding diaryl/α,β-unsaturated/α-hetero) is 1. The lowest BCUT2D eigenvalue weighted by atomic mass is 9.97. The van der Waals surface area contributed by atoms with Crippen LogP contribution in [0.5, 0.6) is 0 Å². The molecule has 1 aromatic carbocycles. The second-order valence-electron chi connectivity index (χ2n) is 6.98. The molecule has 0 amide bonds. The smallest absolute Gasteiger partial charge is 0.162 e. The summed E-state index contributed by atoms with van der Waals surface area (Å²) in [4.78, 5) is 11.3. The molecule has 0 heterocycles. The number of benzene rings is 1. The molecule has 24 heavy (non-hydrogen) atoms. The number of hydrogen-bond donors (Lipinski definition) is 0. The van der Waals surface area contributed by atoms with Crippen molar-refractivity contribution in [1.82, 2.24) is 0 Å². The van der Waals surface area contributed by atoms with Gasteiger partial charge in [0.15, 0.2) is 5.78 Å². The van der Waals surface area contributed by atoms with E-state index in [1.807, 2.05) is 44.2 Å². The molecular formula is C22H36O2. The van der Waals surface area contributed by atoms with Crippen LogP contribution in [0.15, 0.2) is 36.1 Å². The first kappa shape index (κ1) is 22.4. The molecule has 0 saturated heterocycles. The number of carbonyl (C=O) groups excluding carboxylic acids is 1. The maximum Gasteiger partial charge on any atom is 0.162 e. The van der Waals surface area contributed by atoms with Gasteiger partial charge in [-0.1, -0.05) is 65.8 Å². The average molecular weight is 333 g/mol. The molecule has 0 aromatic heterocycles. The average Bonchev–Trinajstić information content (AvgIpc) is 2.55. The predicted molar refractivity (Wildman–Crippen MR) is 105 cm³/mol. The topological polar surface area (TPSA) is 26.3 Å². The fourth-order valence-electron chi connectivity index (χ4n) is 2.68. The monoisotopic (exact) mass is 332 g/mol. The van der Waals surface area contributed by atoms with Crippen LogP contribution >= 0.6 is 0 Å². The van der Waals surface area contributed by atoms with Crippen molar-refractivity contribution in [3.05, 3.63) is 47.2 Å². The molecule has 136 valence electrons. The van der Waals surface area contributed by atoms with Crippen molar-refractivity contribution in [3.63, 3.8) is 0 Å². The van der Waals surface area contributed by atoms with Gasteiger partial charge >= 0.3 is 0 Å². The lowest BCUT2D eigenvalue weighted by Gasteiger charge is -2.16. The van der Waals surface area contributed by atoms with Gasteiger partial charge in [0.05, 0.1) is 12.9 Å². The molecule has 2 heteroatoms. The van der Waals surface area contributed by atoms with Crippen molar-refractivity contribution >= 4 is 5.78 Å². The number of ether oxygens (including phenoxy) is 1. The van der Waals surface area contributed by atoms with E-state index < -0.39 is 0 Å². The molecule has 0 saturated carbocycles. The Bertz CT molecular complexity index is 495. The number of rotatable bonds is 7. The first-order valence-electron chi connectivity index (χ1n) is 9.10. The lowest BCUT2D eigenvalue weighted by Crippen LogP contribution is -2.04. The highest BCUT2D eigenvalue weighted by Gasteiger charge is 2.09. The molecule has 2 nitrogen and oxygen atoms in total. The summed E-state index contributed by atoms with van der Waals surface area (Å²) in [5.74, 6) is 3.17. The summed E-state index contributed by atoms with van der Waals surface area (Å²) in [7, 11) is 1.74. The molecule has 0 spiro atoms. The zero-order valence-corrected chi connectivity index (χ0v) is 16.8. The van der Waals surface area contributed by atoms with Crippen LogP contribution in [0.3, 0.4) is 0 Å². The normalized spacial score (nSPS) is 12.7. The van der Waals surface area contributed by atoms with Crippen LogP contribution in [0.1, 0.15) is 83.1 Å². The molecule has 1 aromatic rings. The van der Waals surface area contributed by atoms with E-state index in [1.54, 1.807) is 7.11 Å². The third kappa shape index (κ3) is 8.33. The van der Waals surface area contributed by atoms with E-state index in [-0.39, 0.29) is 5.78 Å². The Balaban J connectivity index is 0.000000449. The minimum absolute atomic E-state index is 0.218. The molecule has 0 fully saturated rings. The van der Waals surface area contributed by atoms with E-state index in [1.165, 1.54) is 12.0 Å². The Morgan fingerprint density at radius 3 is 1.96 bits per heavy atom. The highest BCUT2D eigenvalue weighted by molar-refractivity contribution is 5.95. The van der Waals surface area contributed by atoms with Crippen molar-refractivity contribution in [3.8, 4) is 0 Å². The van der Waals surface area contributed by atoms with Crippen molar-refractivity contribution in [2.24, 2.45) is 11.8 Å². The highest BCUT2D eigenvalue weighted by atomic mass is 16.5. The van der Waals surface area contributed by atoms with Crippen LogP contribution < -0.4 is 0 Å². The van der Waals surface area contributed by atoms with E-state index in [0.717, 1.165) is 17.2 Å². The van der Waals surface area contributed by atoms with Crippen molar-refractivity contribution < 1.29 is 9.53 Å². The maximum atomic E-state index is 11.3. The molecule has 0 N–H and O–H groups in total. The summed E-state index contributed by atoms with van der Waals surface area (Å²) in [6.07, 6.45) is 3.83. The second-order valence-corrected chi connectivity index (χ2v) is 6.98. The lowest BCUT2D eigenvalue weighted by molar-refractivity contribution is 0.0988. The van der Waals surface area contributed by atoms with Gasteiger partial charge in [-0.25, -0.2) is 0 Å². The second kappa shape index (κ2) is 11.9. The van der Waals surface area contributed by atoms with E-state index in [0.29, 0.717) is 18.3 Å². The molecule has 0 aliphatic heterocycles. The Kier molecular flexibility index (Phi) is 11.1. The van der Waals surface area contributed by atoms with Crippen LogP contribution in [0.4, 0.5) is 0 Å². The molecule has 1 unspecified atom stereocenters. The van der Waals surface area contributed by atoms with E-state index in [2.05, 4.69) is 34.6 Å². The van der Waals surface area contributed by atoms with Crippen LogP contribution in [0.25, 0.3) is 0 Å². The number of allylic oxidation sites excluding steroid dienone is 2. The molecule has 1 atom stereocenters. The predicted octanol–water partition coefficient (Wildman–Crippen LogP) is 6.62. The fraction of sp³-hybridized carbons (Fsp3) is 0.591. The maximum absolute atomic E-state index is 11.3. The highest BCUT2D eigenvalue weighted by Crippen LogP contribution is 2.19. The van der Waals surface area contributed by atoms with Crippen molar-refractivity contribution in [2.75, 3.05) is 7.11 Å². The molecule has 0 aliphatic rings. The summed E-state index contributed by atoms with van der Waals surface area (Å²) in [6.45, 7) is 14.9. The van der Waals surface area contributed by atoms with Gasteiger partial charge in [-0.15, -0.1) is 0 Å². The van der Waals surface area contributed by atoms with Crippen LogP contribution in [0.2, 0.25) is 0 Å². The zero-order chi connectivity index (χ0) is 18.7. The summed E-state index contributed by atoms with van der Waals surface area (Å²) < 4.78 is 5.22. The first-order chi connectivity index (χ1) is 11.3. The minimum atomic E-state index is 0.218. The van der Waals surface area contributed by atoms with Gasteiger partial charge in [-0.05, 0) is 36.8 Å². The molecule has 0 aliphatic carbocycles. The summed E-state index contributed by atoms with van der Waals surface area (Å²) in [5.41, 5.74) is 2.11. The quantitative estimate of drug-likeness (QED) is 0.414. The third-order valence-corrected chi connectivity index (χ3v) is 4.05.